The summed E-state index contributed by atoms with van der Waals surface area (Å²) in [7, 11) is 0. The summed E-state index contributed by atoms with van der Waals surface area (Å²) < 4.78 is 10.6. The molecule has 138 valence electrons. The SMILES string of the molecule is CC(=O)Oc1c(C)cc(C(C)c2cc(C)c(OC(C)=O)c(C)c2)cc1C. The largest absolute Gasteiger partial charge is 0.426 e. The maximum Gasteiger partial charge on any atom is 0.308 e. The molecule has 0 fully saturated rings. The van der Waals surface area contributed by atoms with Gasteiger partial charge in [0.1, 0.15) is 11.5 Å². The Kier molecular flexibility index (Phi) is 5.86. The van der Waals surface area contributed by atoms with Crippen LogP contribution in [-0.2, 0) is 9.59 Å². The van der Waals surface area contributed by atoms with Gasteiger partial charge in [-0.05, 0) is 61.1 Å². The zero-order valence-corrected chi connectivity index (χ0v) is 16.5. The first-order chi connectivity index (χ1) is 12.1. The molecule has 0 bridgehead atoms. The number of benzene rings is 2. The second-order valence-corrected chi connectivity index (χ2v) is 6.88. The molecule has 0 N–H and O–H groups in total. The van der Waals surface area contributed by atoms with Gasteiger partial charge in [0.05, 0.1) is 0 Å². The minimum Gasteiger partial charge on any atom is -0.426 e. The average Bonchev–Trinajstić information content (AvgIpc) is 2.52. The van der Waals surface area contributed by atoms with Crippen molar-refractivity contribution in [1.29, 1.82) is 0 Å². The van der Waals surface area contributed by atoms with Crippen LogP contribution >= 0.6 is 0 Å². The molecule has 0 aliphatic carbocycles. The smallest absolute Gasteiger partial charge is 0.308 e. The number of hydrogen-bond acceptors (Lipinski definition) is 4. The predicted octanol–water partition coefficient (Wildman–Crippen LogP) is 4.92. The Balaban J connectivity index is 2.42. The predicted molar refractivity (Wildman–Crippen MR) is 102 cm³/mol. The summed E-state index contributed by atoms with van der Waals surface area (Å²) in [5, 5.41) is 0. The van der Waals surface area contributed by atoms with E-state index >= 15 is 0 Å². The topological polar surface area (TPSA) is 52.6 Å². The highest BCUT2D eigenvalue weighted by atomic mass is 16.5. The van der Waals surface area contributed by atoms with Gasteiger partial charge < -0.3 is 9.47 Å². The van der Waals surface area contributed by atoms with Gasteiger partial charge in [-0.1, -0.05) is 31.2 Å². The molecular formula is C22H26O4. The Morgan fingerprint density at radius 2 is 0.962 bits per heavy atom. The fourth-order valence-corrected chi connectivity index (χ4v) is 3.27. The number of rotatable bonds is 4. The maximum atomic E-state index is 11.3. The molecule has 0 aliphatic heterocycles. The van der Waals surface area contributed by atoms with Gasteiger partial charge >= 0.3 is 11.9 Å². The number of hydrogen-bond donors (Lipinski definition) is 0. The van der Waals surface area contributed by atoms with Crippen LogP contribution in [0, 0.1) is 27.7 Å². The van der Waals surface area contributed by atoms with Crippen LogP contribution in [0.4, 0.5) is 0 Å². The van der Waals surface area contributed by atoms with Crippen LogP contribution in [0.15, 0.2) is 24.3 Å². The van der Waals surface area contributed by atoms with E-state index in [1.54, 1.807) is 0 Å². The minimum absolute atomic E-state index is 0.155. The summed E-state index contributed by atoms with van der Waals surface area (Å²) in [4.78, 5) is 22.6. The highest BCUT2D eigenvalue weighted by Gasteiger charge is 2.17. The van der Waals surface area contributed by atoms with Crippen LogP contribution in [0.3, 0.4) is 0 Å². The van der Waals surface area contributed by atoms with Crippen molar-refractivity contribution in [2.45, 2.75) is 54.4 Å². The van der Waals surface area contributed by atoms with E-state index in [0.29, 0.717) is 11.5 Å². The van der Waals surface area contributed by atoms with Crippen molar-refractivity contribution in [3.05, 3.63) is 57.6 Å². The molecule has 4 nitrogen and oxygen atoms in total. The monoisotopic (exact) mass is 354 g/mol. The summed E-state index contributed by atoms with van der Waals surface area (Å²) >= 11 is 0. The van der Waals surface area contributed by atoms with Crippen molar-refractivity contribution in [2.75, 3.05) is 0 Å². The second-order valence-electron chi connectivity index (χ2n) is 6.88. The van der Waals surface area contributed by atoms with Crippen molar-refractivity contribution in [1.82, 2.24) is 0 Å². The first-order valence-electron chi connectivity index (χ1n) is 8.69. The van der Waals surface area contributed by atoms with Crippen LogP contribution in [0.5, 0.6) is 11.5 Å². The van der Waals surface area contributed by atoms with Crippen LogP contribution in [0.25, 0.3) is 0 Å². The molecule has 0 saturated carbocycles. The first kappa shape index (κ1) is 19.7. The van der Waals surface area contributed by atoms with Crippen molar-refractivity contribution in [3.63, 3.8) is 0 Å². The highest BCUT2D eigenvalue weighted by Crippen LogP contribution is 2.34. The molecule has 0 radical (unpaired) electrons. The maximum absolute atomic E-state index is 11.3. The molecule has 0 unspecified atom stereocenters. The van der Waals surface area contributed by atoms with Crippen LogP contribution in [-0.4, -0.2) is 11.9 Å². The molecule has 0 aromatic heterocycles. The van der Waals surface area contributed by atoms with E-state index in [9.17, 15) is 9.59 Å². The first-order valence-corrected chi connectivity index (χ1v) is 8.69. The number of ether oxygens (including phenoxy) is 2. The van der Waals surface area contributed by atoms with Gasteiger partial charge in [-0.2, -0.15) is 0 Å². The third-order valence-electron chi connectivity index (χ3n) is 4.46. The van der Waals surface area contributed by atoms with Gasteiger partial charge in [-0.15, -0.1) is 0 Å². The molecule has 0 amide bonds. The molecule has 0 aliphatic rings. The number of carbonyl (C=O) groups excluding carboxylic acids is 2. The van der Waals surface area contributed by atoms with Crippen LogP contribution in [0.1, 0.15) is 60.1 Å². The molecule has 26 heavy (non-hydrogen) atoms. The van der Waals surface area contributed by atoms with E-state index in [2.05, 4.69) is 31.2 Å². The fourth-order valence-electron chi connectivity index (χ4n) is 3.27. The van der Waals surface area contributed by atoms with E-state index in [-0.39, 0.29) is 17.9 Å². The Morgan fingerprint density at radius 1 is 0.692 bits per heavy atom. The van der Waals surface area contributed by atoms with Gasteiger partial charge in [0.25, 0.3) is 0 Å². The molecule has 4 heteroatoms. The summed E-state index contributed by atoms with van der Waals surface area (Å²) in [5.41, 5.74) is 6.04. The summed E-state index contributed by atoms with van der Waals surface area (Å²) in [5.74, 6) is 0.785. The Hall–Kier alpha value is -2.62. The lowest BCUT2D eigenvalue weighted by Crippen LogP contribution is -2.07. The third-order valence-corrected chi connectivity index (χ3v) is 4.46. The van der Waals surface area contributed by atoms with Crippen molar-refractivity contribution >= 4 is 11.9 Å². The van der Waals surface area contributed by atoms with E-state index in [4.69, 9.17) is 9.47 Å². The third kappa shape index (κ3) is 4.31. The van der Waals surface area contributed by atoms with Gasteiger partial charge in [0.15, 0.2) is 0 Å². The lowest BCUT2D eigenvalue weighted by molar-refractivity contribution is -0.132. The normalized spacial score (nSPS) is 10.8. The Morgan fingerprint density at radius 3 is 1.19 bits per heavy atom. The van der Waals surface area contributed by atoms with Crippen LogP contribution < -0.4 is 9.47 Å². The highest BCUT2D eigenvalue weighted by molar-refractivity contribution is 5.71. The van der Waals surface area contributed by atoms with Gasteiger partial charge in [0.2, 0.25) is 0 Å². The quantitative estimate of drug-likeness (QED) is 0.577. The van der Waals surface area contributed by atoms with Gasteiger partial charge in [-0.3, -0.25) is 9.59 Å². The second kappa shape index (κ2) is 7.73. The summed E-state index contributed by atoms with van der Waals surface area (Å²) in [6, 6.07) is 8.22. The summed E-state index contributed by atoms with van der Waals surface area (Å²) in [6.45, 7) is 12.7. The summed E-state index contributed by atoms with van der Waals surface area (Å²) in [6.07, 6.45) is 0. The van der Waals surface area contributed by atoms with Crippen LogP contribution in [0.2, 0.25) is 0 Å². The Bertz CT molecular complexity index is 747. The Labute approximate surface area is 155 Å². The molecule has 0 heterocycles. The van der Waals surface area contributed by atoms with Crippen molar-refractivity contribution in [2.24, 2.45) is 0 Å². The molecule has 0 atom stereocenters. The lowest BCUT2D eigenvalue weighted by atomic mass is 9.88. The lowest BCUT2D eigenvalue weighted by Gasteiger charge is -2.19. The van der Waals surface area contributed by atoms with Crippen molar-refractivity contribution in [3.8, 4) is 11.5 Å². The van der Waals surface area contributed by atoms with E-state index < -0.39 is 0 Å². The van der Waals surface area contributed by atoms with E-state index in [0.717, 1.165) is 33.4 Å². The van der Waals surface area contributed by atoms with Crippen molar-refractivity contribution < 1.29 is 19.1 Å². The molecule has 2 aromatic rings. The molecule has 0 spiro atoms. The molecule has 0 saturated heterocycles. The van der Waals surface area contributed by atoms with Gasteiger partial charge in [-0.25, -0.2) is 0 Å². The number of esters is 2. The standard InChI is InChI=1S/C22H26O4/c1-12-8-19(9-13(2)21(12)25-17(6)23)16(5)20-10-14(3)22(15(4)11-20)26-18(7)24/h8-11,16H,1-7H3. The molecule has 2 rings (SSSR count). The fraction of sp³-hybridized carbons (Fsp3) is 0.364. The zero-order valence-electron chi connectivity index (χ0n) is 16.5. The molecule has 2 aromatic carbocycles. The van der Waals surface area contributed by atoms with E-state index in [1.165, 1.54) is 13.8 Å². The number of carbonyl (C=O) groups is 2. The average molecular weight is 354 g/mol. The molecular weight excluding hydrogens is 328 g/mol. The number of aryl methyl sites for hydroxylation is 4. The zero-order chi connectivity index (χ0) is 19.6. The minimum atomic E-state index is -0.315. The van der Waals surface area contributed by atoms with Gasteiger partial charge in [0, 0.05) is 19.8 Å². The van der Waals surface area contributed by atoms with E-state index in [1.807, 2.05) is 27.7 Å².